The molecule has 0 aliphatic heterocycles. The van der Waals surface area contributed by atoms with Gasteiger partial charge in [0.15, 0.2) is 11.4 Å². The van der Waals surface area contributed by atoms with E-state index >= 15 is 0 Å². The fraction of sp³-hybridized carbons (Fsp3) is 0.0465. The molecule has 0 radical (unpaired) electrons. The minimum absolute atomic E-state index is 0.754. The molecule has 0 spiro atoms. The normalized spacial score (nSPS) is 13.0. The summed E-state index contributed by atoms with van der Waals surface area (Å²) in [7, 11) is 0. The van der Waals surface area contributed by atoms with E-state index in [1.165, 1.54) is 0 Å². The molecule has 1 aliphatic rings. The van der Waals surface area contributed by atoms with Gasteiger partial charge in [-0.25, -0.2) is 15.0 Å². The molecule has 0 N–H and O–H groups in total. The van der Waals surface area contributed by atoms with Gasteiger partial charge in [0.05, 0.1) is 16.9 Å². The minimum atomic E-state index is 0.754. The lowest BCUT2D eigenvalue weighted by molar-refractivity contribution is 0.670. The van der Waals surface area contributed by atoms with Crippen LogP contribution >= 0.6 is 0 Å². The molecule has 3 aromatic heterocycles. The Kier molecular flexibility index (Phi) is 6.57. The van der Waals surface area contributed by atoms with E-state index in [4.69, 9.17) is 19.4 Å². The largest absolute Gasteiger partial charge is 0.454 e. The summed E-state index contributed by atoms with van der Waals surface area (Å²) in [6.45, 7) is 0. The van der Waals surface area contributed by atoms with Crippen LogP contribution in [0.1, 0.15) is 18.7 Å². The van der Waals surface area contributed by atoms with Gasteiger partial charge < -0.3 is 4.42 Å². The first-order valence-corrected chi connectivity index (χ1v) is 16.0. The lowest BCUT2D eigenvalue weighted by Crippen LogP contribution is -1.99. The van der Waals surface area contributed by atoms with Crippen molar-refractivity contribution >= 4 is 38.5 Å². The van der Waals surface area contributed by atoms with Crippen molar-refractivity contribution in [2.45, 2.75) is 12.8 Å². The average Bonchev–Trinajstić information content (AvgIpc) is 3.52. The molecule has 0 fully saturated rings. The van der Waals surface area contributed by atoms with E-state index in [9.17, 15) is 0 Å². The molecule has 222 valence electrons. The summed E-state index contributed by atoms with van der Waals surface area (Å²) in [5.41, 5.74) is 12.9. The highest BCUT2D eigenvalue weighted by molar-refractivity contribution is 6.15. The van der Waals surface area contributed by atoms with E-state index in [0.29, 0.717) is 0 Å². The number of hydrogen-bond donors (Lipinski definition) is 0. The Balaban J connectivity index is 1.18. The number of aromatic nitrogens is 3. The zero-order valence-corrected chi connectivity index (χ0v) is 25.6. The second-order valence-electron chi connectivity index (χ2n) is 11.9. The maximum atomic E-state index is 6.49. The van der Waals surface area contributed by atoms with E-state index < -0.39 is 0 Å². The van der Waals surface area contributed by atoms with Gasteiger partial charge >= 0.3 is 0 Å². The number of benzene rings is 5. The molecular formula is C43H29N3O. The number of para-hydroxylation sites is 2. The van der Waals surface area contributed by atoms with Crippen molar-refractivity contribution < 1.29 is 4.42 Å². The lowest BCUT2D eigenvalue weighted by Gasteiger charge is -2.13. The molecule has 8 aromatic rings. The summed E-state index contributed by atoms with van der Waals surface area (Å²) < 4.78 is 6.49. The van der Waals surface area contributed by atoms with E-state index in [0.717, 1.165) is 102 Å². The maximum absolute atomic E-state index is 6.49. The molecular weight excluding hydrogens is 574 g/mol. The molecule has 4 heteroatoms. The fourth-order valence-corrected chi connectivity index (χ4v) is 6.60. The topological polar surface area (TPSA) is 51.8 Å². The molecule has 1 aliphatic carbocycles. The molecule has 0 saturated heterocycles. The molecule has 0 atom stereocenters. The van der Waals surface area contributed by atoms with Crippen LogP contribution in [0.25, 0.3) is 83.3 Å². The molecule has 47 heavy (non-hydrogen) atoms. The third-order valence-corrected chi connectivity index (χ3v) is 8.89. The second kappa shape index (κ2) is 11.3. The molecule has 0 amide bonds. The number of fused-ring (bicyclic) bond motifs is 4. The van der Waals surface area contributed by atoms with Crippen LogP contribution in [0.4, 0.5) is 0 Å². The molecule has 4 nitrogen and oxygen atoms in total. The number of hydrogen-bond acceptors (Lipinski definition) is 4. The summed E-state index contributed by atoms with van der Waals surface area (Å²) >= 11 is 0. The van der Waals surface area contributed by atoms with Crippen molar-refractivity contribution in [3.05, 3.63) is 158 Å². The van der Waals surface area contributed by atoms with Crippen molar-refractivity contribution in [2.75, 3.05) is 0 Å². The van der Waals surface area contributed by atoms with Gasteiger partial charge in [-0.05, 0) is 65.9 Å². The predicted octanol–water partition coefficient (Wildman–Crippen LogP) is 11.3. The number of rotatable bonds is 5. The van der Waals surface area contributed by atoms with Crippen LogP contribution < -0.4 is 0 Å². The maximum Gasteiger partial charge on any atom is 0.162 e. The number of pyridine rings is 1. The molecule has 0 unspecified atom stereocenters. The van der Waals surface area contributed by atoms with E-state index in [1.807, 2.05) is 30.3 Å². The van der Waals surface area contributed by atoms with Gasteiger partial charge in [-0.15, -0.1) is 0 Å². The summed E-state index contributed by atoms with van der Waals surface area (Å²) in [5, 5.41) is 2.09. The molecule has 5 aromatic carbocycles. The van der Waals surface area contributed by atoms with Crippen LogP contribution in [-0.4, -0.2) is 15.0 Å². The zero-order valence-electron chi connectivity index (χ0n) is 25.6. The van der Waals surface area contributed by atoms with Gasteiger partial charge in [-0.2, -0.15) is 0 Å². The first kappa shape index (κ1) is 27.2. The van der Waals surface area contributed by atoms with Crippen molar-refractivity contribution in [3.8, 4) is 44.8 Å². The highest BCUT2D eigenvalue weighted by Crippen LogP contribution is 2.40. The summed E-state index contributed by atoms with van der Waals surface area (Å²) in [6, 6.07) is 46.2. The Morgan fingerprint density at radius 3 is 1.98 bits per heavy atom. The van der Waals surface area contributed by atoms with Crippen molar-refractivity contribution in [1.29, 1.82) is 0 Å². The Morgan fingerprint density at radius 2 is 1.17 bits per heavy atom. The highest BCUT2D eigenvalue weighted by atomic mass is 16.3. The number of allylic oxidation sites excluding steroid dienone is 4. The van der Waals surface area contributed by atoms with Crippen molar-refractivity contribution in [1.82, 2.24) is 15.0 Å². The third kappa shape index (κ3) is 4.91. The highest BCUT2D eigenvalue weighted by Gasteiger charge is 2.18. The quantitative estimate of drug-likeness (QED) is 0.196. The standard InChI is InChI=1S/C43H29N3O/c1-3-13-28(14-4-1)37-27-38(46-43(45-37)29-15-5-2-6-16-29)32-19-11-17-30(25-32)31-18-12-20-33(26-31)40-34-21-7-9-23-36(34)44-41-35-22-8-10-24-39(35)47-42(40)41/h1,3-5,7-27H,2,6H2. The lowest BCUT2D eigenvalue weighted by atomic mass is 9.95. The Hall–Kier alpha value is -6.13. The first-order valence-electron chi connectivity index (χ1n) is 16.0. The zero-order chi connectivity index (χ0) is 31.2. The van der Waals surface area contributed by atoms with Crippen LogP contribution in [0.3, 0.4) is 0 Å². The van der Waals surface area contributed by atoms with Crippen LogP contribution in [0.2, 0.25) is 0 Å². The minimum Gasteiger partial charge on any atom is -0.454 e. The average molecular weight is 604 g/mol. The summed E-state index contributed by atoms with van der Waals surface area (Å²) in [6.07, 6.45) is 8.62. The Morgan fingerprint density at radius 1 is 0.511 bits per heavy atom. The van der Waals surface area contributed by atoms with E-state index in [-0.39, 0.29) is 0 Å². The smallest absolute Gasteiger partial charge is 0.162 e. The summed E-state index contributed by atoms with van der Waals surface area (Å²) in [4.78, 5) is 15.1. The summed E-state index contributed by atoms with van der Waals surface area (Å²) in [5.74, 6) is 0.754. The van der Waals surface area contributed by atoms with Gasteiger partial charge in [0, 0.05) is 33.0 Å². The van der Waals surface area contributed by atoms with Gasteiger partial charge in [0.1, 0.15) is 11.1 Å². The monoisotopic (exact) mass is 603 g/mol. The molecule has 0 saturated carbocycles. The molecule has 0 bridgehead atoms. The van der Waals surface area contributed by atoms with Crippen LogP contribution in [0, 0.1) is 0 Å². The van der Waals surface area contributed by atoms with Gasteiger partial charge in [0.25, 0.3) is 0 Å². The third-order valence-electron chi connectivity index (χ3n) is 8.89. The van der Waals surface area contributed by atoms with Crippen LogP contribution in [0.15, 0.2) is 156 Å². The van der Waals surface area contributed by atoms with Crippen molar-refractivity contribution in [2.24, 2.45) is 0 Å². The molecule has 9 rings (SSSR count). The van der Waals surface area contributed by atoms with Crippen LogP contribution in [-0.2, 0) is 0 Å². The number of nitrogens with zero attached hydrogens (tertiary/aromatic N) is 3. The van der Waals surface area contributed by atoms with Gasteiger partial charge in [-0.1, -0.05) is 115 Å². The fourth-order valence-electron chi connectivity index (χ4n) is 6.60. The van der Waals surface area contributed by atoms with Crippen LogP contribution in [0.5, 0.6) is 0 Å². The van der Waals surface area contributed by atoms with Gasteiger partial charge in [0.2, 0.25) is 0 Å². The number of furan rings is 1. The predicted molar refractivity (Wildman–Crippen MR) is 193 cm³/mol. The van der Waals surface area contributed by atoms with E-state index in [1.54, 1.807) is 0 Å². The first-order chi connectivity index (χ1) is 23.3. The van der Waals surface area contributed by atoms with E-state index in [2.05, 4.69) is 121 Å². The Bertz CT molecular complexity index is 2520. The Labute approximate surface area is 272 Å². The van der Waals surface area contributed by atoms with Crippen molar-refractivity contribution in [3.63, 3.8) is 0 Å². The molecule has 3 heterocycles. The van der Waals surface area contributed by atoms with Gasteiger partial charge in [-0.3, -0.25) is 0 Å². The SMILES string of the molecule is C1=CC(c2nc(-c3ccccc3)cc(-c3cccc(-c4cccc(-c5c6ccccc6nc6c5oc5ccccc56)c4)c3)n2)=CCC1. The second-order valence-corrected chi connectivity index (χ2v) is 11.9.